The fourth-order valence-electron chi connectivity index (χ4n) is 5.90. The molecule has 1 aromatic heterocycles. The number of nitrogens with two attached hydrogens (primary N) is 2. The number of aliphatic hydroxyl groups excluding tert-OH is 1. The standard InChI is InChI=1S/C29H34N8O14S3/c1-9(14(39)5-10(2)27(44)45)6-16-19-28(46)51-26-18(12(4)38)34-23(42)13(8-50-54(47,48)49)33-22(41)11(3)32-25-20-24(43)35-21(15(40)7-17(30)31)36(20)29(52-16,53-25)37(19)26/h9-13,18,38H,5-8H2,1-4H3,(H7-,30,31,32,33,34,41,42,43,44,45,47,48,49)/p+2. The molecule has 4 aliphatic rings. The minimum atomic E-state index is -5.37. The largest absolute Gasteiger partial charge is 0.726 e. The first kappa shape index (κ1) is 40.5. The first-order chi connectivity index (χ1) is 25.1. The predicted octanol–water partition coefficient (Wildman–Crippen LogP) is -4.38. The molecule has 1 aromatic rings. The molecule has 2 amide bonds. The van der Waals surface area contributed by atoms with Gasteiger partial charge in [0.05, 0.1) is 23.5 Å². The van der Waals surface area contributed by atoms with Crippen LogP contribution in [0.1, 0.15) is 63.3 Å². The zero-order valence-corrected chi connectivity index (χ0v) is 31.3. The lowest BCUT2D eigenvalue weighted by molar-refractivity contribution is -0.852. The SMILES string of the molecule is CC(CC(=O)C(C)CC1=C2C(=O)OC3=[N+]2C2(SC(=NC(C)C(=O)NC(COS(=O)(=O)[O-])C(=O)NC3C(C)O)c3c(O)[nH]c(C(=O)CC(N)=[NH2+])[n+]32)S1)C(=O)O. The fraction of sp³-hybridized carbons (Fsp3) is 0.517. The molecule has 4 aliphatic heterocycles. The Morgan fingerprint density at radius 3 is 2.41 bits per heavy atom. The van der Waals surface area contributed by atoms with E-state index in [1.54, 1.807) is 0 Å². The van der Waals surface area contributed by atoms with E-state index >= 15 is 0 Å². The number of Topliss-reactive ketones (excluding diaryl/α,β-unsaturated/α-hetero) is 2. The van der Waals surface area contributed by atoms with Gasteiger partial charge in [0.15, 0.2) is 11.1 Å². The van der Waals surface area contributed by atoms with Crippen molar-refractivity contribution in [1.29, 1.82) is 0 Å². The summed E-state index contributed by atoms with van der Waals surface area (Å²) in [6.07, 6.45) is -2.65. The Morgan fingerprint density at radius 2 is 1.81 bits per heavy atom. The Kier molecular flexibility index (Phi) is 11.1. The van der Waals surface area contributed by atoms with Crippen LogP contribution in [0.3, 0.4) is 0 Å². The van der Waals surface area contributed by atoms with Crippen LogP contribution >= 0.6 is 23.5 Å². The number of ether oxygens (including phenoxy) is 1. The van der Waals surface area contributed by atoms with E-state index in [0.717, 1.165) is 23.5 Å². The van der Waals surface area contributed by atoms with Crippen molar-refractivity contribution in [3.05, 3.63) is 22.1 Å². The predicted molar refractivity (Wildman–Crippen MR) is 182 cm³/mol. The van der Waals surface area contributed by atoms with Crippen LogP contribution < -0.4 is 26.3 Å². The first-order valence-corrected chi connectivity index (χ1v) is 19.0. The normalized spacial score (nSPS) is 25.6. The number of thioether (sulfide) groups is 2. The molecule has 54 heavy (non-hydrogen) atoms. The van der Waals surface area contributed by atoms with E-state index in [0.29, 0.717) is 0 Å². The van der Waals surface area contributed by atoms with Gasteiger partial charge in [-0.05, 0) is 20.3 Å². The van der Waals surface area contributed by atoms with Gasteiger partial charge in [-0.3, -0.25) is 44.3 Å². The number of rotatable bonds is 13. The molecule has 2 bridgehead atoms. The number of carbonyl (C=O) groups is 6. The van der Waals surface area contributed by atoms with Gasteiger partial charge in [0.2, 0.25) is 28.0 Å². The number of aliphatic imine (C=N–C) groups is 1. The maximum atomic E-state index is 13.9. The number of hydrogen-bond acceptors (Lipinski definition) is 16. The molecule has 0 aromatic carbocycles. The molecule has 0 radical (unpaired) electrons. The van der Waals surface area contributed by atoms with Crippen LogP contribution in [0.2, 0.25) is 0 Å². The summed E-state index contributed by atoms with van der Waals surface area (Å²) in [6, 6.07) is -4.98. The number of aliphatic hydroxyl groups is 1. The van der Waals surface area contributed by atoms with Gasteiger partial charge in [-0.1, -0.05) is 18.4 Å². The van der Waals surface area contributed by atoms with E-state index in [1.165, 1.54) is 36.8 Å². The average molecular weight is 817 g/mol. The molecular formula is C29H36N8O14S3+2. The van der Waals surface area contributed by atoms with Crippen LogP contribution in [0.5, 0.6) is 5.88 Å². The fourth-order valence-corrected chi connectivity index (χ4v) is 9.67. The lowest BCUT2D eigenvalue weighted by Crippen LogP contribution is -2.62. The summed E-state index contributed by atoms with van der Waals surface area (Å²) in [4.78, 5) is 86.4. The summed E-state index contributed by atoms with van der Waals surface area (Å²) in [6.45, 7) is 4.17. The number of ketones is 2. The number of esters is 1. The molecule has 0 aliphatic carbocycles. The highest BCUT2D eigenvalue weighted by Gasteiger charge is 2.73. The maximum absolute atomic E-state index is 13.9. The monoisotopic (exact) mass is 816 g/mol. The third-order valence-corrected chi connectivity index (χ3v) is 11.9. The van der Waals surface area contributed by atoms with Crippen LogP contribution in [0.25, 0.3) is 0 Å². The van der Waals surface area contributed by atoms with E-state index in [1.807, 2.05) is 0 Å². The van der Waals surface area contributed by atoms with Gasteiger partial charge in [0, 0.05) is 35.9 Å². The second-order valence-corrected chi connectivity index (χ2v) is 16.6. The molecule has 1 spiro atoms. The van der Waals surface area contributed by atoms with Gasteiger partial charge in [0.1, 0.15) is 24.3 Å². The number of aliphatic carboxylic acids is 1. The van der Waals surface area contributed by atoms with Gasteiger partial charge < -0.3 is 35.2 Å². The smallest absolute Gasteiger partial charge is 0.422 e. The number of H-pyrrole nitrogens is 1. The number of carbonyl (C=O) groups excluding carboxylic acids is 5. The van der Waals surface area contributed by atoms with Crippen LogP contribution in [0.15, 0.2) is 15.6 Å². The highest BCUT2D eigenvalue weighted by Crippen LogP contribution is 2.58. The zero-order chi connectivity index (χ0) is 40.2. The molecule has 0 fully saturated rings. The number of aromatic nitrogens is 2. The third kappa shape index (κ3) is 7.63. The first-order valence-electron chi connectivity index (χ1n) is 16.1. The third-order valence-electron chi connectivity index (χ3n) is 8.61. The lowest BCUT2D eigenvalue weighted by Gasteiger charge is -2.24. The summed E-state index contributed by atoms with van der Waals surface area (Å²) in [5.74, 6) is -9.22. The van der Waals surface area contributed by atoms with Crippen molar-refractivity contribution in [3.63, 3.8) is 0 Å². The summed E-state index contributed by atoms with van der Waals surface area (Å²) in [7, 11) is -5.37. The number of carboxylic acid groups (broad SMARTS) is 1. The minimum absolute atomic E-state index is 0.108. The van der Waals surface area contributed by atoms with Crippen LogP contribution in [-0.2, 0) is 47.6 Å². The molecule has 292 valence electrons. The number of hydrogen-bond donors (Lipinski definition) is 8. The second kappa shape index (κ2) is 14.9. The van der Waals surface area contributed by atoms with Crippen LogP contribution in [-0.4, -0.2) is 121 Å². The van der Waals surface area contributed by atoms with E-state index in [4.69, 9.17) is 15.9 Å². The minimum Gasteiger partial charge on any atom is -0.726 e. The molecule has 5 heterocycles. The summed E-state index contributed by atoms with van der Waals surface area (Å²) >= 11 is 1.71. The van der Waals surface area contributed by atoms with Crippen LogP contribution in [0.4, 0.5) is 0 Å². The Balaban J connectivity index is 1.78. The number of fused-ring (bicyclic) bond motifs is 3. The van der Waals surface area contributed by atoms with Gasteiger partial charge in [-0.2, -0.15) is 0 Å². The number of carboxylic acids is 1. The molecule has 0 saturated carbocycles. The van der Waals surface area contributed by atoms with Crippen molar-refractivity contribution in [1.82, 2.24) is 15.6 Å². The van der Waals surface area contributed by atoms with Gasteiger partial charge >= 0.3 is 39.6 Å². The van der Waals surface area contributed by atoms with Crippen molar-refractivity contribution in [2.24, 2.45) is 22.6 Å². The molecule has 22 nitrogen and oxygen atoms in total. The number of allylic oxidation sites excluding steroid dienone is 1. The van der Waals surface area contributed by atoms with Crippen molar-refractivity contribution in [2.75, 3.05) is 6.61 Å². The van der Waals surface area contributed by atoms with E-state index in [9.17, 15) is 57.1 Å². The number of nitrogens with one attached hydrogen (secondary N) is 3. The van der Waals surface area contributed by atoms with Gasteiger partial charge in [-0.25, -0.2) is 18.2 Å². The van der Waals surface area contributed by atoms with Crippen molar-refractivity contribution < 1.29 is 80.5 Å². The number of nitrogens with zero attached hydrogens (tertiary/aromatic N) is 3. The number of amidine groups is 1. The zero-order valence-electron chi connectivity index (χ0n) is 28.8. The summed E-state index contributed by atoms with van der Waals surface area (Å²) in [5, 5.41) is 41.9. The number of amides is 2. The van der Waals surface area contributed by atoms with Gasteiger partial charge in [-0.15, -0.1) is 4.57 Å². The maximum Gasteiger partial charge on any atom is 0.422 e. The van der Waals surface area contributed by atoms with Crippen LogP contribution in [0, 0.1) is 11.8 Å². The molecule has 25 heteroatoms. The molecule has 10 N–H and O–H groups in total. The summed E-state index contributed by atoms with van der Waals surface area (Å²) in [5.41, 5.74) is 5.26. The Hall–Kier alpha value is -4.69. The Labute approximate surface area is 314 Å². The molecular weight excluding hydrogens is 781 g/mol. The second-order valence-electron chi connectivity index (χ2n) is 12.9. The molecule has 0 saturated heterocycles. The molecule has 7 atom stereocenters. The lowest BCUT2D eigenvalue weighted by atomic mass is 9.94. The van der Waals surface area contributed by atoms with Crippen molar-refractivity contribution >= 4 is 86.0 Å². The van der Waals surface area contributed by atoms with E-state index in [2.05, 4.69) is 24.8 Å². The van der Waals surface area contributed by atoms with Crippen molar-refractivity contribution in [3.8, 4) is 5.88 Å². The molecule has 7 unspecified atom stereocenters. The Bertz CT molecular complexity index is 2090. The highest BCUT2D eigenvalue weighted by atomic mass is 32.3. The summed E-state index contributed by atoms with van der Waals surface area (Å²) < 4.78 is 44.4. The molecule has 5 rings (SSSR count). The number of imidazole rings is 1. The van der Waals surface area contributed by atoms with Crippen molar-refractivity contribution in [2.45, 2.75) is 75.5 Å². The Morgan fingerprint density at radius 1 is 1.15 bits per heavy atom. The quantitative estimate of drug-likeness (QED) is 0.0177. The van der Waals surface area contributed by atoms with E-state index < -0.39 is 111 Å². The number of aromatic hydroxyl groups is 1. The number of aromatic amines is 1. The topological polar surface area (TPSA) is 349 Å². The van der Waals surface area contributed by atoms with Gasteiger partial charge in [0.25, 0.3) is 11.5 Å². The average Bonchev–Trinajstić information content (AvgIpc) is 3.77. The van der Waals surface area contributed by atoms with E-state index in [-0.39, 0.29) is 45.8 Å². The highest BCUT2D eigenvalue weighted by molar-refractivity contribution is 8.26.